The minimum atomic E-state index is -0.591. The molecule has 1 aromatic heterocycles. The Labute approximate surface area is 213 Å². The van der Waals surface area contributed by atoms with Crippen molar-refractivity contribution in [2.45, 2.75) is 20.3 Å². The molecule has 0 fully saturated rings. The Kier molecular flexibility index (Phi) is 6.94. The molecule has 188 valence electrons. The highest BCUT2D eigenvalue weighted by molar-refractivity contribution is 6.45. The van der Waals surface area contributed by atoms with E-state index in [1.165, 1.54) is 18.9 Å². The summed E-state index contributed by atoms with van der Waals surface area (Å²) >= 11 is 6.14. The summed E-state index contributed by atoms with van der Waals surface area (Å²) in [6.07, 6.45) is 0.433. The van der Waals surface area contributed by atoms with Gasteiger partial charge in [-0.05, 0) is 43.7 Å². The number of ether oxygens (including phenoxy) is 2. The Hall–Kier alpha value is -3.98. The second-order valence-electron chi connectivity index (χ2n) is 8.16. The molecule has 0 bridgehead atoms. The molecule has 0 aliphatic carbocycles. The van der Waals surface area contributed by atoms with Crippen LogP contribution < -0.4 is 19.9 Å². The summed E-state index contributed by atoms with van der Waals surface area (Å²) in [5, 5.41) is 3.56. The first-order chi connectivity index (χ1) is 17.3. The lowest BCUT2D eigenvalue weighted by molar-refractivity contribution is -0.120. The zero-order chi connectivity index (χ0) is 26.1. The maximum atomic E-state index is 13.9. The minimum absolute atomic E-state index is 0.0537. The molecule has 2 aromatic carbocycles. The van der Waals surface area contributed by atoms with Crippen LogP contribution in [0, 0.1) is 0 Å². The number of aromatic nitrogens is 2. The molecule has 0 unspecified atom stereocenters. The van der Waals surface area contributed by atoms with Gasteiger partial charge in [0.05, 0.1) is 36.7 Å². The molecule has 9 nitrogen and oxygen atoms in total. The molecule has 4 rings (SSSR count). The van der Waals surface area contributed by atoms with Crippen LogP contribution in [0.5, 0.6) is 11.5 Å². The molecular weight excluding hydrogens is 484 g/mol. The van der Waals surface area contributed by atoms with Crippen LogP contribution in [-0.4, -0.2) is 54.3 Å². The molecule has 0 saturated carbocycles. The fourth-order valence-corrected chi connectivity index (χ4v) is 4.43. The van der Waals surface area contributed by atoms with Gasteiger partial charge in [0.15, 0.2) is 11.5 Å². The van der Waals surface area contributed by atoms with Gasteiger partial charge in [0, 0.05) is 30.4 Å². The van der Waals surface area contributed by atoms with Gasteiger partial charge in [-0.25, -0.2) is 9.58 Å². The Morgan fingerprint density at radius 3 is 2.28 bits per heavy atom. The Balaban J connectivity index is 1.92. The zero-order valence-corrected chi connectivity index (χ0v) is 21.5. The van der Waals surface area contributed by atoms with E-state index in [4.69, 9.17) is 21.1 Å². The van der Waals surface area contributed by atoms with Crippen LogP contribution in [0.25, 0.3) is 11.3 Å². The fraction of sp³-hybridized carbons (Fsp3) is 0.269. The van der Waals surface area contributed by atoms with Crippen LogP contribution in [0.3, 0.4) is 0 Å². The molecule has 2 heterocycles. The van der Waals surface area contributed by atoms with Gasteiger partial charge in [0.2, 0.25) is 0 Å². The van der Waals surface area contributed by atoms with Crippen LogP contribution in [0.2, 0.25) is 5.02 Å². The summed E-state index contributed by atoms with van der Waals surface area (Å²) in [6.45, 7) is 4.18. The van der Waals surface area contributed by atoms with Crippen molar-refractivity contribution in [3.8, 4) is 17.2 Å². The van der Waals surface area contributed by atoms with Crippen molar-refractivity contribution >= 4 is 34.7 Å². The summed E-state index contributed by atoms with van der Waals surface area (Å²) in [6, 6.07) is 11.6. The molecule has 0 saturated heterocycles. The summed E-state index contributed by atoms with van der Waals surface area (Å²) in [4.78, 5) is 44.0. The summed E-state index contributed by atoms with van der Waals surface area (Å²) in [5.74, 6) is -0.286. The zero-order valence-electron chi connectivity index (χ0n) is 20.7. The average Bonchev–Trinajstić information content (AvgIpc) is 3.34. The van der Waals surface area contributed by atoms with Crippen molar-refractivity contribution in [2.75, 3.05) is 32.7 Å². The molecule has 36 heavy (non-hydrogen) atoms. The standard InChI is InChI=1S/C26H27ClN4O5/c1-6-18-21(25(33)31(28-18)17-10-8-9-15(27)13-17)22-23(29(3)7-2)26(34)30(24(22)32)16-11-12-19(35-4)20(14-16)36-5/h8-14,28H,6-7H2,1-5H3. The third-order valence-corrected chi connectivity index (χ3v) is 6.41. The molecule has 0 atom stereocenters. The van der Waals surface area contributed by atoms with Crippen LogP contribution in [0.15, 0.2) is 53.0 Å². The largest absolute Gasteiger partial charge is 0.493 e. The van der Waals surface area contributed by atoms with Crippen LogP contribution in [0.1, 0.15) is 25.1 Å². The number of halogens is 1. The number of aryl methyl sites for hydroxylation is 1. The van der Waals surface area contributed by atoms with E-state index in [0.29, 0.717) is 46.6 Å². The molecule has 2 amide bonds. The molecule has 0 spiro atoms. The van der Waals surface area contributed by atoms with E-state index in [1.807, 2.05) is 13.8 Å². The van der Waals surface area contributed by atoms with Crippen molar-refractivity contribution in [2.24, 2.45) is 0 Å². The van der Waals surface area contributed by atoms with E-state index in [-0.39, 0.29) is 16.8 Å². The van der Waals surface area contributed by atoms with E-state index in [1.54, 1.807) is 54.4 Å². The molecular formula is C26H27ClN4O5. The Bertz CT molecular complexity index is 1440. The van der Waals surface area contributed by atoms with Gasteiger partial charge in [0.25, 0.3) is 17.4 Å². The second kappa shape index (κ2) is 9.94. The Morgan fingerprint density at radius 2 is 1.67 bits per heavy atom. The second-order valence-corrected chi connectivity index (χ2v) is 8.60. The number of carbonyl (C=O) groups is 2. The molecule has 1 N–H and O–H groups in total. The van der Waals surface area contributed by atoms with Crippen molar-refractivity contribution in [3.63, 3.8) is 0 Å². The summed E-state index contributed by atoms with van der Waals surface area (Å²) < 4.78 is 12.0. The first-order valence-corrected chi connectivity index (χ1v) is 11.8. The smallest absolute Gasteiger partial charge is 0.282 e. The number of carbonyl (C=O) groups excluding carboxylic acids is 2. The number of hydrogen-bond donors (Lipinski definition) is 1. The third kappa shape index (κ3) is 4.05. The first kappa shape index (κ1) is 25.1. The van der Waals surface area contributed by atoms with Gasteiger partial charge in [-0.3, -0.25) is 19.5 Å². The lowest BCUT2D eigenvalue weighted by Crippen LogP contribution is -2.34. The number of amides is 2. The molecule has 1 aliphatic rings. The number of anilines is 1. The quantitative estimate of drug-likeness (QED) is 0.465. The Morgan fingerprint density at radius 1 is 0.944 bits per heavy atom. The highest BCUT2D eigenvalue weighted by Crippen LogP contribution is 2.38. The maximum Gasteiger partial charge on any atom is 0.282 e. The lowest BCUT2D eigenvalue weighted by Gasteiger charge is -2.20. The van der Waals surface area contributed by atoms with Crippen molar-refractivity contribution < 1.29 is 19.1 Å². The van der Waals surface area contributed by atoms with Crippen LogP contribution in [-0.2, 0) is 16.0 Å². The monoisotopic (exact) mass is 510 g/mol. The third-order valence-electron chi connectivity index (χ3n) is 6.18. The van der Waals surface area contributed by atoms with E-state index in [0.717, 1.165) is 4.90 Å². The number of nitrogens with zero attached hydrogens (tertiary/aromatic N) is 3. The van der Waals surface area contributed by atoms with Crippen LogP contribution in [0.4, 0.5) is 5.69 Å². The van der Waals surface area contributed by atoms with E-state index in [2.05, 4.69) is 5.10 Å². The van der Waals surface area contributed by atoms with Gasteiger partial charge in [-0.1, -0.05) is 24.6 Å². The predicted molar refractivity (Wildman–Crippen MR) is 138 cm³/mol. The van der Waals surface area contributed by atoms with Crippen molar-refractivity contribution in [1.82, 2.24) is 14.7 Å². The normalized spacial score (nSPS) is 13.6. The SMILES string of the molecule is CCc1[nH]n(-c2cccc(Cl)c2)c(=O)c1C1=C(N(C)CC)C(=O)N(c2ccc(OC)c(OC)c2)C1=O. The molecule has 0 radical (unpaired) electrons. The van der Waals surface area contributed by atoms with E-state index < -0.39 is 17.4 Å². The number of benzene rings is 2. The number of H-pyrrole nitrogens is 1. The number of likely N-dealkylation sites (N-methyl/N-ethyl adjacent to an activating group) is 1. The van der Waals surface area contributed by atoms with Gasteiger partial charge in [-0.15, -0.1) is 0 Å². The number of aromatic amines is 1. The van der Waals surface area contributed by atoms with Gasteiger partial charge in [0.1, 0.15) is 5.70 Å². The number of nitrogens with one attached hydrogen (secondary N) is 1. The molecule has 3 aromatic rings. The van der Waals surface area contributed by atoms with E-state index in [9.17, 15) is 14.4 Å². The highest BCUT2D eigenvalue weighted by Gasteiger charge is 2.44. The number of rotatable bonds is 8. The minimum Gasteiger partial charge on any atom is -0.493 e. The summed E-state index contributed by atoms with van der Waals surface area (Å²) in [5.41, 5.74) is 1.29. The maximum absolute atomic E-state index is 13.9. The van der Waals surface area contributed by atoms with E-state index >= 15 is 0 Å². The van der Waals surface area contributed by atoms with Crippen molar-refractivity contribution in [3.05, 3.63) is 74.8 Å². The number of imide groups is 1. The lowest BCUT2D eigenvalue weighted by atomic mass is 10.0. The number of methoxy groups -OCH3 is 2. The highest BCUT2D eigenvalue weighted by atomic mass is 35.5. The first-order valence-electron chi connectivity index (χ1n) is 11.4. The van der Waals surface area contributed by atoms with Crippen LogP contribution >= 0.6 is 11.6 Å². The van der Waals surface area contributed by atoms with Gasteiger partial charge < -0.3 is 14.4 Å². The topological polar surface area (TPSA) is 96.9 Å². The fourth-order valence-electron chi connectivity index (χ4n) is 4.25. The number of hydrogen-bond acceptors (Lipinski definition) is 6. The van der Waals surface area contributed by atoms with Crippen molar-refractivity contribution in [1.29, 1.82) is 0 Å². The van der Waals surface area contributed by atoms with Gasteiger partial charge >= 0.3 is 0 Å². The summed E-state index contributed by atoms with van der Waals surface area (Å²) in [7, 11) is 4.69. The predicted octanol–water partition coefficient (Wildman–Crippen LogP) is 3.63. The average molecular weight is 511 g/mol. The van der Waals surface area contributed by atoms with Gasteiger partial charge in [-0.2, -0.15) is 0 Å². The molecule has 10 heteroatoms. The molecule has 1 aliphatic heterocycles.